The van der Waals surface area contributed by atoms with Crippen LogP contribution in [0, 0.1) is 13.8 Å². The third kappa shape index (κ3) is 3.67. The summed E-state index contributed by atoms with van der Waals surface area (Å²) in [6.07, 6.45) is -2.77. The van der Waals surface area contributed by atoms with Gasteiger partial charge in [0.1, 0.15) is 5.75 Å². The lowest BCUT2D eigenvalue weighted by Gasteiger charge is -2.17. The topological polar surface area (TPSA) is 91.1 Å². The molecule has 6 nitrogen and oxygen atoms in total. The van der Waals surface area contributed by atoms with E-state index < -0.39 is 23.5 Å². The molecule has 1 unspecified atom stereocenters. The van der Waals surface area contributed by atoms with E-state index in [1.807, 2.05) is 0 Å². The minimum absolute atomic E-state index is 0.00291. The van der Waals surface area contributed by atoms with Gasteiger partial charge in [0.05, 0.1) is 5.56 Å². The minimum Gasteiger partial charge on any atom is -0.611 e. The molecule has 124 valence electrons. The Hall–Kier alpha value is -2.00. The first-order valence-electron chi connectivity index (χ1n) is 6.76. The van der Waals surface area contributed by atoms with Crippen molar-refractivity contribution in [3.63, 3.8) is 0 Å². The molecule has 0 aliphatic rings. The molecule has 9 heteroatoms. The van der Waals surface area contributed by atoms with Gasteiger partial charge in [-0.25, -0.2) is 8.78 Å². The van der Waals surface area contributed by atoms with E-state index in [0.29, 0.717) is 0 Å². The van der Waals surface area contributed by atoms with Gasteiger partial charge in [-0.1, -0.05) is 5.10 Å². The third-order valence-corrected chi connectivity index (χ3v) is 4.67. The molecular formula is C14H15F2N3O3S. The van der Waals surface area contributed by atoms with Gasteiger partial charge in [0.25, 0.3) is 12.3 Å². The predicted octanol–water partition coefficient (Wildman–Crippen LogP) is 3.00. The lowest BCUT2D eigenvalue weighted by atomic mass is 10.0. The van der Waals surface area contributed by atoms with E-state index in [1.165, 1.54) is 13.0 Å². The molecule has 0 spiro atoms. The Bertz CT molecular complexity index is 721. The molecule has 0 bridgehead atoms. The molecule has 0 radical (unpaired) electrons. The number of carbonyl (C=O) groups excluding carboxylic acids is 1. The molecule has 0 saturated carbocycles. The number of anilines is 1. The normalized spacial score (nSPS) is 12.5. The van der Waals surface area contributed by atoms with Crippen LogP contribution >= 0.6 is 0 Å². The fourth-order valence-corrected chi connectivity index (χ4v) is 3.25. The van der Waals surface area contributed by atoms with Gasteiger partial charge in [-0.2, -0.15) is 0 Å². The molecule has 1 amide bonds. The average Bonchev–Trinajstić information content (AvgIpc) is 2.90. The van der Waals surface area contributed by atoms with Crippen molar-refractivity contribution < 1.29 is 22.5 Å². The van der Waals surface area contributed by atoms with E-state index in [9.17, 15) is 18.1 Å². The highest BCUT2D eigenvalue weighted by atomic mass is 32.2. The van der Waals surface area contributed by atoms with E-state index >= 15 is 0 Å². The summed E-state index contributed by atoms with van der Waals surface area (Å²) in [5.41, 5.74) is 0.0478. The highest BCUT2D eigenvalue weighted by molar-refractivity contribution is 7.91. The Morgan fingerprint density at radius 1 is 1.39 bits per heavy atom. The maximum atomic E-state index is 13.1. The molecule has 0 fully saturated rings. The van der Waals surface area contributed by atoms with Gasteiger partial charge in [-0.15, -0.1) is 5.10 Å². The van der Waals surface area contributed by atoms with Crippen LogP contribution in [0.3, 0.4) is 0 Å². The number of hydrogen-bond acceptors (Lipinski definition) is 5. The summed E-state index contributed by atoms with van der Waals surface area (Å²) in [6, 6.07) is 2.29. The molecule has 1 N–H and O–H groups in total. The number of carbonyl (C=O) groups is 1. The number of halogens is 2. The predicted molar refractivity (Wildman–Crippen MR) is 80.1 cm³/mol. The van der Waals surface area contributed by atoms with Crippen LogP contribution in [0.25, 0.3) is 0 Å². The number of rotatable bonds is 5. The van der Waals surface area contributed by atoms with Gasteiger partial charge in [-0.3, -0.25) is 10.1 Å². The standard InChI is InChI=1S/C14H15F2N3O3S/c1-4-23(21)11-7(2)9(5-6-10(11)12(15)16)13(20)17-14-19-18-8(3)22-14/h5-6,12H,4H2,1-3H3,(H,17,19,20). The molecule has 1 heterocycles. The summed E-state index contributed by atoms with van der Waals surface area (Å²) in [7, 11) is 0. The van der Waals surface area contributed by atoms with Gasteiger partial charge in [-0.05, 0) is 37.2 Å². The van der Waals surface area contributed by atoms with Crippen molar-refractivity contribution in [2.75, 3.05) is 11.1 Å². The zero-order valence-electron chi connectivity index (χ0n) is 12.7. The van der Waals surface area contributed by atoms with Gasteiger partial charge in [0.15, 0.2) is 4.90 Å². The van der Waals surface area contributed by atoms with Crippen molar-refractivity contribution in [1.82, 2.24) is 10.2 Å². The van der Waals surface area contributed by atoms with Crippen LogP contribution in [0.2, 0.25) is 0 Å². The second-order valence-corrected chi connectivity index (χ2v) is 6.35. The van der Waals surface area contributed by atoms with Crippen LogP contribution in [-0.2, 0) is 11.2 Å². The molecule has 0 aliphatic heterocycles. The highest BCUT2D eigenvalue weighted by Gasteiger charge is 2.27. The first-order chi connectivity index (χ1) is 10.8. The molecule has 1 atom stereocenters. The number of nitrogens with one attached hydrogen (secondary N) is 1. The van der Waals surface area contributed by atoms with E-state index in [1.54, 1.807) is 13.8 Å². The zero-order chi connectivity index (χ0) is 17.1. The Balaban J connectivity index is 2.41. The number of benzene rings is 1. The number of aryl methyl sites for hydroxylation is 1. The SMILES string of the molecule is CC[S+]([O-])c1c(C(F)F)ccc(C(=O)Nc2nnc(C)o2)c1C. The van der Waals surface area contributed by atoms with Crippen LogP contribution in [0.4, 0.5) is 14.8 Å². The maximum Gasteiger partial charge on any atom is 0.322 e. The van der Waals surface area contributed by atoms with Crippen LogP contribution in [-0.4, -0.2) is 26.4 Å². The fourth-order valence-electron chi connectivity index (χ4n) is 2.09. The summed E-state index contributed by atoms with van der Waals surface area (Å²) < 4.78 is 43.4. The van der Waals surface area contributed by atoms with Crippen molar-refractivity contribution in [3.05, 3.63) is 34.7 Å². The summed E-state index contributed by atoms with van der Waals surface area (Å²) in [4.78, 5) is 12.3. The van der Waals surface area contributed by atoms with Crippen molar-refractivity contribution in [2.45, 2.75) is 32.1 Å². The number of amides is 1. The minimum atomic E-state index is -2.77. The van der Waals surface area contributed by atoms with Crippen LogP contribution < -0.4 is 5.32 Å². The largest absolute Gasteiger partial charge is 0.611 e. The van der Waals surface area contributed by atoms with Gasteiger partial charge < -0.3 is 8.97 Å². The summed E-state index contributed by atoms with van der Waals surface area (Å²) >= 11 is -1.61. The molecule has 1 aromatic heterocycles. The van der Waals surface area contributed by atoms with Gasteiger partial charge in [0, 0.05) is 18.1 Å². The van der Waals surface area contributed by atoms with Crippen molar-refractivity contribution in [1.29, 1.82) is 0 Å². The molecule has 23 heavy (non-hydrogen) atoms. The number of hydrogen-bond donors (Lipinski definition) is 1. The van der Waals surface area contributed by atoms with Crippen molar-refractivity contribution in [3.8, 4) is 0 Å². The summed E-state index contributed by atoms with van der Waals surface area (Å²) in [5.74, 6) is -0.145. The van der Waals surface area contributed by atoms with Crippen molar-refractivity contribution >= 4 is 23.1 Å². The average molecular weight is 343 g/mol. The summed E-state index contributed by atoms with van der Waals surface area (Å²) in [5, 5.41) is 9.59. The maximum absolute atomic E-state index is 13.1. The second-order valence-electron chi connectivity index (χ2n) is 4.67. The monoisotopic (exact) mass is 343 g/mol. The van der Waals surface area contributed by atoms with Crippen LogP contribution in [0.15, 0.2) is 21.4 Å². The smallest absolute Gasteiger partial charge is 0.322 e. The Kier molecular flexibility index (Phi) is 5.32. The first-order valence-corrected chi connectivity index (χ1v) is 8.08. The van der Waals surface area contributed by atoms with Crippen LogP contribution in [0.1, 0.15) is 40.7 Å². The lowest BCUT2D eigenvalue weighted by molar-refractivity contribution is 0.102. The molecule has 0 aliphatic carbocycles. The Morgan fingerprint density at radius 2 is 2.09 bits per heavy atom. The lowest BCUT2D eigenvalue weighted by Crippen LogP contribution is -2.18. The number of nitrogens with zero attached hydrogens (tertiary/aromatic N) is 2. The Labute approximate surface area is 134 Å². The molecule has 1 aromatic carbocycles. The number of alkyl halides is 2. The Morgan fingerprint density at radius 3 is 2.61 bits per heavy atom. The van der Waals surface area contributed by atoms with Gasteiger partial charge in [0.2, 0.25) is 5.89 Å². The molecule has 2 aromatic rings. The van der Waals surface area contributed by atoms with Crippen LogP contribution in [0.5, 0.6) is 0 Å². The first kappa shape index (κ1) is 17.4. The molecule has 2 rings (SSSR count). The number of aromatic nitrogens is 2. The third-order valence-electron chi connectivity index (χ3n) is 3.15. The second kappa shape index (κ2) is 7.05. The molecule has 0 saturated heterocycles. The highest BCUT2D eigenvalue weighted by Crippen LogP contribution is 2.32. The molecular weight excluding hydrogens is 328 g/mol. The van der Waals surface area contributed by atoms with E-state index in [2.05, 4.69) is 15.5 Å². The van der Waals surface area contributed by atoms with Crippen molar-refractivity contribution in [2.24, 2.45) is 0 Å². The van der Waals surface area contributed by atoms with Gasteiger partial charge >= 0.3 is 6.01 Å². The van der Waals surface area contributed by atoms with E-state index in [4.69, 9.17) is 4.42 Å². The van der Waals surface area contributed by atoms with E-state index in [0.717, 1.165) is 6.07 Å². The van der Waals surface area contributed by atoms with E-state index in [-0.39, 0.29) is 39.2 Å². The fraction of sp³-hybridized carbons (Fsp3) is 0.357. The summed E-state index contributed by atoms with van der Waals surface area (Å²) in [6.45, 7) is 4.68. The zero-order valence-corrected chi connectivity index (χ0v) is 13.5. The quantitative estimate of drug-likeness (QED) is 0.843.